The van der Waals surface area contributed by atoms with Crippen LogP contribution in [0.1, 0.15) is 48.8 Å². The fourth-order valence-corrected chi connectivity index (χ4v) is 5.23. The van der Waals surface area contributed by atoms with Crippen molar-refractivity contribution in [3.05, 3.63) is 63.3 Å². The Bertz CT molecular complexity index is 1280. The lowest BCUT2D eigenvalue weighted by Gasteiger charge is -2.18. The third-order valence-corrected chi connectivity index (χ3v) is 7.04. The zero-order valence-corrected chi connectivity index (χ0v) is 19.8. The molecule has 1 saturated carbocycles. The Morgan fingerprint density at radius 3 is 2.82 bits per heavy atom. The molecule has 0 radical (unpaired) electrons. The van der Waals surface area contributed by atoms with Crippen LogP contribution in [0.2, 0.25) is 0 Å². The molecule has 1 aromatic heterocycles. The molecule has 2 heterocycles. The average molecular weight is 461 g/mol. The Morgan fingerprint density at radius 1 is 1.12 bits per heavy atom. The highest BCUT2D eigenvalue weighted by Gasteiger charge is 2.18. The molecule has 2 aliphatic rings. The van der Waals surface area contributed by atoms with Crippen LogP contribution in [0.25, 0.3) is 11.3 Å². The van der Waals surface area contributed by atoms with E-state index in [0.29, 0.717) is 17.5 Å². The second-order valence-corrected chi connectivity index (χ2v) is 9.63. The number of nitrogens with one attached hydrogen (secondary N) is 1. The van der Waals surface area contributed by atoms with Gasteiger partial charge in [-0.3, -0.25) is 9.79 Å². The predicted octanol–water partition coefficient (Wildman–Crippen LogP) is 5.28. The van der Waals surface area contributed by atoms with Crippen molar-refractivity contribution < 1.29 is 9.53 Å². The number of nitrogens with zero attached hydrogens (tertiary/aromatic N) is 3. The number of hydrogen-bond acceptors (Lipinski definition) is 5. The Labute approximate surface area is 197 Å². The van der Waals surface area contributed by atoms with E-state index in [1.807, 2.05) is 29.1 Å². The van der Waals surface area contributed by atoms with Crippen molar-refractivity contribution in [2.75, 3.05) is 11.9 Å². The van der Waals surface area contributed by atoms with Crippen molar-refractivity contribution in [1.29, 1.82) is 0 Å². The van der Waals surface area contributed by atoms with Crippen molar-refractivity contribution in [1.82, 2.24) is 4.68 Å². The molecular formula is C26H28N4O2S. The Morgan fingerprint density at radius 2 is 1.97 bits per heavy atom. The second kappa shape index (κ2) is 9.35. The molecule has 170 valence electrons. The van der Waals surface area contributed by atoms with Gasteiger partial charge in [-0.2, -0.15) is 5.10 Å². The summed E-state index contributed by atoms with van der Waals surface area (Å²) in [6.45, 7) is 4.24. The van der Waals surface area contributed by atoms with E-state index in [2.05, 4.69) is 42.7 Å². The van der Waals surface area contributed by atoms with Gasteiger partial charge in [0.25, 0.3) is 5.91 Å². The highest BCUT2D eigenvalue weighted by Crippen LogP contribution is 2.33. The molecule has 1 aliphatic heterocycles. The first-order valence-corrected chi connectivity index (χ1v) is 12.4. The normalized spacial score (nSPS) is 17.2. The van der Waals surface area contributed by atoms with Crippen LogP contribution in [0.3, 0.4) is 0 Å². The van der Waals surface area contributed by atoms with E-state index in [1.165, 1.54) is 30.4 Å². The summed E-state index contributed by atoms with van der Waals surface area (Å²) < 4.78 is 7.47. The summed E-state index contributed by atoms with van der Waals surface area (Å²) in [6, 6.07) is 12.6. The first kappa shape index (κ1) is 21.6. The third-order valence-electron chi connectivity index (χ3n) is 6.21. The first-order chi connectivity index (χ1) is 16.1. The summed E-state index contributed by atoms with van der Waals surface area (Å²) >= 11 is 1.61. The molecule has 2 aromatic carbocycles. The fraction of sp³-hybridized carbons (Fsp3) is 0.346. The molecule has 0 unspecified atom stereocenters. The number of benzene rings is 2. The molecule has 0 spiro atoms. The number of aryl methyl sites for hydroxylation is 2. The van der Waals surface area contributed by atoms with Gasteiger partial charge in [0.2, 0.25) is 4.80 Å². The summed E-state index contributed by atoms with van der Waals surface area (Å²) in [7, 11) is 0. The van der Waals surface area contributed by atoms with Gasteiger partial charge in [-0.15, -0.1) is 11.3 Å². The van der Waals surface area contributed by atoms with Gasteiger partial charge in [0.15, 0.2) is 6.61 Å². The number of hydrogen-bond donors (Lipinski definition) is 1. The van der Waals surface area contributed by atoms with Crippen LogP contribution in [0, 0.1) is 13.8 Å². The molecule has 0 saturated heterocycles. The monoisotopic (exact) mass is 460 g/mol. The zero-order valence-electron chi connectivity index (χ0n) is 19.0. The number of thiazole rings is 1. The smallest absolute Gasteiger partial charge is 0.262 e. The van der Waals surface area contributed by atoms with Crippen molar-refractivity contribution in [2.45, 2.75) is 52.0 Å². The summed E-state index contributed by atoms with van der Waals surface area (Å²) in [5.74, 6) is 0.546. The van der Waals surface area contributed by atoms with Crippen molar-refractivity contribution in [2.24, 2.45) is 10.1 Å². The van der Waals surface area contributed by atoms with Gasteiger partial charge in [-0.25, -0.2) is 4.68 Å². The van der Waals surface area contributed by atoms with E-state index in [-0.39, 0.29) is 12.5 Å². The summed E-state index contributed by atoms with van der Waals surface area (Å²) in [6.07, 6.45) is 7.97. The molecule has 33 heavy (non-hydrogen) atoms. The molecule has 5 rings (SSSR count). The lowest BCUT2D eigenvalue weighted by atomic mass is 9.96. The minimum atomic E-state index is -0.140. The van der Waals surface area contributed by atoms with Gasteiger partial charge < -0.3 is 10.1 Å². The maximum absolute atomic E-state index is 11.8. The van der Waals surface area contributed by atoms with Crippen LogP contribution in [0.4, 0.5) is 5.69 Å². The second-order valence-electron chi connectivity index (χ2n) is 8.79. The average Bonchev–Trinajstić information content (AvgIpc) is 3.22. The van der Waals surface area contributed by atoms with Gasteiger partial charge in [0.05, 0.1) is 23.6 Å². The van der Waals surface area contributed by atoms with Gasteiger partial charge >= 0.3 is 0 Å². The van der Waals surface area contributed by atoms with Crippen LogP contribution < -0.4 is 14.9 Å². The number of carbonyl (C=O) groups is 1. The first-order valence-electron chi connectivity index (χ1n) is 11.5. The van der Waals surface area contributed by atoms with E-state index in [1.54, 1.807) is 11.3 Å². The lowest BCUT2D eigenvalue weighted by molar-refractivity contribution is -0.118. The van der Waals surface area contributed by atoms with Crippen LogP contribution in [-0.2, 0) is 4.79 Å². The molecule has 3 aromatic rings. The summed E-state index contributed by atoms with van der Waals surface area (Å²) in [5, 5.41) is 9.89. The van der Waals surface area contributed by atoms with Crippen LogP contribution >= 0.6 is 11.3 Å². The molecule has 1 fully saturated rings. The third kappa shape index (κ3) is 4.78. The largest absolute Gasteiger partial charge is 0.482 e. The molecule has 1 aliphatic carbocycles. The van der Waals surface area contributed by atoms with Crippen molar-refractivity contribution >= 4 is 29.1 Å². The maximum atomic E-state index is 11.8. The molecular weight excluding hydrogens is 432 g/mol. The number of fused-ring (bicyclic) bond motifs is 1. The quantitative estimate of drug-likeness (QED) is 0.538. The number of anilines is 1. The molecule has 1 amide bonds. The van der Waals surface area contributed by atoms with Gasteiger partial charge in [0, 0.05) is 10.9 Å². The number of ether oxygens (including phenoxy) is 1. The number of aromatic nitrogens is 1. The molecule has 7 heteroatoms. The van der Waals surface area contributed by atoms with E-state index in [9.17, 15) is 4.79 Å². The van der Waals surface area contributed by atoms with Gasteiger partial charge in [-0.05, 0) is 56.0 Å². The van der Waals surface area contributed by atoms with Gasteiger partial charge in [0.1, 0.15) is 5.75 Å². The topological polar surface area (TPSA) is 68.0 Å². The number of rotatable bonds is 4. The highest BCUT2D eigenvalue weighted by molar-refractivity contribution is 7.07. The number of amides is 1. The maximum Gasteiger partial charge on any atom is 0.262 e. The Balaban J connectivity index is 1.59. The van der Waals surface area contributed by atoms with E-state index in [4.69, 9.17) is 14.8 Å². The molecule has 0 atom stereocenters. The predicted molar refractivity (Wildman–Crippen MR) is 133 cm³/mol. The Hall–Kier alpha value is -3.19. The van der Waals surface area contributed by atoms with Gasteiger partial charge in [-0.1, -0.05) is 43.0 Å². The minimum Gasteiger partial charge on any atom is -0.482 e. The minimum absolute atomic E-state index is 0.0509. The summed E-state index contributed by atoms with van der Waals surface area (Å²) in [4.78, 5) is 17.8. The van der Waals surface area contributed by atoms with Crippen LogP contribution in [0.15, 0.2) is 51.9 Å². The van der Waals surface area contributed by atoms with E-state index >= 15 is 0 Å². The van der Waals surface area contributed by atoms with Crippen molar-refractivity contribution in [3.8, 4) is 17.0 Å². The highest BCUT2D eigenvalue weighted by atomic mass is 32.1. The van der Waals surface area contributed by atoms with E-state index in [0.717, 1.165) is 34.5 Å². The molecule has 6 nitrogen and oxygen atoms in total. The van der Waals surface area contributed by atoms with E-state index < -0.39 is 0 Å². The standard InChI is InChI=1S/C26H28N4O2S/c1-17-8-9-18(2)20(12-17)14-27-30-23(16-33-26(30)28-21-6-4-3-5-7-21)19-10-11-24-22(13-19)29-25(31)15-32-24/h8-14,16,21H,3-7,15H2,1-2H3,(H,29,31). The van der Waals surface area contributed by atoms with Crippen LogP contribution in [0.5, 0.6) is 5.75 Å². The molecule has 1 N–H and O–H groups in total. The number of carbonyl (C=O) groups excluding carboxylic acids is 1. The lowest BCUT2D eigenvalue weighted by Crippen LogP contribution is -2.25. The fourth-order valence-electron chi connectivity index (χ4n) is 4.33. The van der Waals surface area contributed by atoms with Crippen molar-refractivity contribution in [3.63, 3.8) is 0 Å². The zero-order chi connectivity index (χ0) is 22.8. The SMILES string of the molecule is Cc1ccc(C)c(C=Nn2c(-c3ccc4c(c3)NC(=O)CO4)csc2=NC2CCCCC2)c1. The summed E-state index contributed by atoms with van der Waals surface area (Å²) in [5.41, 5.74) is 6.06. The molecule has 0 bridgehead atoms. The Kier molecular flexibility index (Phi) is 6.13. The van der Waals surface area contributed by atoms with Crippen LogP contribution in [-0.4, -0.2) is 29.4 Å².